The standard InChI is InChI=1S/C19H19NO3/c1-12(13(2)21)20-19(22)23-11-18-16-9-5-3-7-14(16)15-8-4-6-10-17(15)18/h3-10,12,18H,11H2,1-2H3,(H,20,22)/t12-/m1/s1. The zero-order chi connectivity index (χ0) is 16.4. The highest BCUT2D eigenvalue weighted by molar-refractivity contribution is 5.85. The van der Waals surface area contributed by atoms with Gasteiger partial charge in [-0.2, -0.15) is 0 Å². The number of fused-ring (bicyclic) bond motifs is 3. The highest BCUT2D eigenvalue weighted by atomic mass is 16.5. The lowest BCUT2D eigenvalue weighted by atomic mass is 9.98. The number of ether oxygens (including phenoxy) is 1. The number of benzene rings is 2. The molecule has 0 heterocycles. The lowest BCUT2D eigenvalue weighted by Gasteiger charge is -2.16. The second kappa shape index (κ2) is 6.24. The lowest BCUT2D eigenvalue weighted by molar-refractivity contribution is -0.118. The highest BCUT2D eigenvalue weighted by Gasteiger charge is 2.29. The minimum absolute atomic E-state index is 0.0285. The fourth-order valence-electron chi connectivity index (χ4n) is 2.92. The first kappa shape index (κ1) is 15.3. The van der Waals surface area contributed by atoms with E-state index in [9.17, 15) is 9.59 Å². The molecule has 0 bridgehead atoms. The molecular formula is C19H19NO3. The lowest BCUT2D eigenvalue weighted by Crippen LogP contribution is -2.38. The minimum Gasteiger partial charge on any atom is -0.449 e. The van der Waals surface area contributed by atoms with Gasteiger partial charge in [-0.25, -0.2) is 4.79 Å². The quantitative estimate of drug-likeness (QED) is 0.940. The Morgan fingerprint density at radius 2 is 1.57 bits per heavy atom. The summed E-state index contributed by atoms with van der Waals surface area (Å²) in [4.78, 5) is 23.0. The summed E-state index contributed by atoms with van der Waals surface area (Å²) in [5, 5.41) is 2.54. The van der Waals surface area contributed by atoms with Crippen LogP contribution in [0.15, 0.2) is 48.5 Å². The van der Waals surface area contributed by atoms with Gasteiger partial charge in [-0.3, -0.25) is 4.79 Å². The van der Waals surface area contributed by atoms with Crippen LogP contribution in [0.2, 0.25) is 0 Å². The Hall–Kier alpha value is -2.62. The zero-order valence-corrected chi connectivity index (χ0v) is 13.2. The Morgan fingerprint density at radius 1 is 1.04 bits per heavy atom. The highest BCUT2D eigenvalue weighted by Crippen LogP contribution is 2.44. The molecule has 4 nitrogen and oxygen atoms in total. The van der Waals surface area contributed by atoms with Crippen LogP contribution in [0.4, 0.5) is 4.79 Å². The van der Waals surface area contributed by atoms with Crippen molar-refractivity contribution in [1.29, 1.82) is 0 Å². The molecule has 1 atom stereocenters. The number of nitrogens with one attached hydrogen (secondary N) is 1. The Kier molecular flexibility index (Phi) is 4.15. The first-order chi connectivity index (χ1) is 11.1. The van der Waals surface area contributed by atoms with Gasteiger partial charge in [-0.1, -0.05) is 48.5 Å². The maximum absolute atomic E-state index is 11.9. The van der Waals surface area contributed by atoms with Crippen LogP contribution < -0.4 is 5.32 Å². The molecule has 1 amide bonds. The summed E-state index contributed by atoms with van der Waals surface area (Å²) in [6, 6.07) is 15.8. The Labute approximate surface area is 135 Å². The average Bonchev–Trinajstić information content (AvgIpc) is 2.87. The van der Waals surface area contributed by atoms with Crippen LogP contribution in [-0.2, 0) is 9.53 Å². The van der Waals surface area contributed by atoms with Gasteiger partial charge in [-0.05, 0) is 36.1 Å². The van der Waals surface area contributed by atoms with Gasteiger partial charge in [0.15, 0.2) is 5.78 Å². The second-order valence-corrected chi connectivity index (χ2v) is 5.80. The molecule has 0 radical (unpaired) electrons. The van der Waals surface area contributed by atoms with E-state index in [1.807, 2.05) is 24.3 Å². The third kappa shape index (κ3) is 2.97. The van der Waals surface area contributed by atoms with Crippen molar-refractivity contribution in [2.24, 2.45) is 0 Å². The van der Waals surface area contributed by atoms with E-state index in [-0.39, 0.29) is 18.3 Å². The Bertz CT molecular complexity index is 708. The molecule has 2 aromatic rings. The number of rotatable bonds is 4. The van der Waals surface area contributed by atoms with Crippen molar-refractivity contribution in [3.63, 3.8) is 0 Å². The number of hydrogen-bond acceptors (Lipinski definition) is 3. The molecule has 4 heteroatoms. The van der Waals surface area contributed by atoms with Crippen molar-refractivity contribution < 1.29 is 14.3 Å². The maximum atomic E-state index is 11.9. The van der Waals surface area contributed by atoms with Gasteiger partial charge in [0, 0.05) is 5.92 Å². The van der Waals surface area contributed by atoms with Gasteiger partial charge in [0.2, 0.25) is 0 Å². The number of Topliss-reactive ketones (excluding diaryl/α,β-unsaturated/α-hetero) is 1. The van der Waals surface area contributed by atoms with Crippen molar-refractivity contribution >= 4 is 11.9 Å². The summed E-state index contributed by atoms with van der Waals surface area (Å²) in [7, 11) is 0. The van der Waals surface area contributed by atoms with Crippen LogP contribution in [-0.4, -0.2) is 24.5 Å². The van der Waals surface area contributed by atoms with E-state index in [0.29, 0.717) is 0 Å². The predicted molar refractivity (Wildman–Crippen MR) is 88.3 cm³/mol. The average molecular weight is 309 g/mol. The van der Waals surface area contributed by atoms with E-state index < -0.39 is 12.1 Å². The van der Waals surface area contributed by atoms with Crippen molar-refractivity contribution in [3.8, 4) is 11.1 Å². The summed E-state index contributed by atoms with van der Waals surface area (Å²) in [5.41, 5.74) is 4.71. The molecule has 0 spiro atoms. The van der Waals surface area contributed by atoms with Gasteiger partial charge in [0.1, 0.15) is 6.61 Å². The van der Waals surface area contributed by atoms with E-state index >= 15 is 0 Å². The zero-order valence-electron chi connectivity index (χ0n) is 13.2. The van der Waals surface area contributed by atoms with E-state index in [4.69, 9.17) is 4.74 Å². The third-order valence-electron chi connectivity index (χ3n) is 4.29. The molecule has 1 aliphatic carbocycles. The van der Waals surface area contributed by atoms with Crippen molar-refractivity contribution in [3.05, 3.63) is 59.7 Å². The van der Waals surface area contributed by atoms with Gasteiger partial charge in [-0.15, -0.1) is 0 Å². The number of carbonyl (C=O) groups is 2. The number of amides is 1. The number of carbonyl (C=O) groups excluding carboxylic acids is 2. The summed E-state index contributed by atoms with van der Waals surface area (Å²) in [5.74, 6) is -0.0701. The monoisotopic (exact) mass is 309 g/mol. The van der Waals surface area contributed by atoms with Crippen LogP contribution in [0.5, 0.6) is 0 Å². The molecule has 0 saturated heterocycles. The largest absolute Gasteiger partial charge is 0.449 e. The summed E-state index contributed by atoms with van der Waals surface area (Å²) in [6.45, 7) is 3.34. The molecule has 118 valence electrons. The van der Waals surface area contributed by atoms with Crippen LogP contribution in [0.25, 0.3) is 11.1 Å². The number of hydrogen-bond donors (Lipinski definition) is 1. The second-order valence-electron chi connectivity index (χ2n) is 5.80. The number of ketones is 1. The van der Waals surface area contributed by atoms with Gasteiger partial charge in [0.05, 0.1) is 6.04 Å². The maximum Gasteiger partial charge on any atom is 0.407 e. The smallest absolute Gasteiger partial charge is 0.407 e. The molecule has 23 heavy (non-hydrogen) atoms. The van der Waals surface area contributed by atoms with Crippen molar-refractivity contribution in [1.82, 2.24) is 5.32 Å². The van der Waals surface area contributed by atoms with E-state index in [0.717, 1.165) is 0 Å². The SMILES string of the molecule is CC(=O)[C@@H](C)NC(=O)OCC1c2ccccc2-c2ccccc21. The van der Waals surface area contributed by atoms with E-state index in [1.54, 1.807) is 6.92 Å². The predicted octanol–water partition coefficient (Wildman–Crippen LogP) is 3.50. The molecule has 2 aromatic carbocycles. The van der Waals surface area contributed by atoms with Crippen LogP contribution >= 0.6 is 0 Å². The molecular weight excluding hydrogens is 290 g/mol. The van der Waals surface area contributed by atoms with Crippen LogP contribution in [0, 0.1) is 0 Å². The summed E-state index contributed by atoms with van der Waals surface area (Å²) in [6.07, 6.45) is -0.561. The molecule has 0 saturated carbocycles. The summed E-state index contributed by atoms with van der Waals surface area (Å²) >= 11 is 0. The van der Waals surface area contributed by atoms with Gasteiger partial charge < -0.3 is 10.1 Å². The molecule has 0 fully saturated rings. The normalized spacial score (nSPS) is 13.8. The minimum atomic E-state index is -0.561. The van der Waals surface area contributed by atoms with Crippen molar-refractivity contribution in [2.75, 3.05) is 6.61 Å². The molecule has 0 aliphatic heterocycles. The molecule has 3 rings (SSSR count). The fraction of sp³-hybridized carbons (Fsp3) is 0.263. The van der Waals surface area contributed by atoms with Gasteiger partial charge >= 0.3 is 6.09 Å². The summed E-state index contributed by atoms with van der Waals surface area (Å²) < 4.78 is 5.36. The van der Waals surface area contributed by atoms with Crippen molar-refractivity contribution in [2.45, 2.75) is 25.8 Å². The molecule has 1 aliphatic rings. The van der Waals surface area contributed by atoms with E-state index in [2.05, 4.69) is 29.6 Å². The Morgan fingerprint density at radius 3 is 2.09 bits per heavy atom. The first-order valence-electron chi connectivity index (χ1n) is 7.70. The number of alkyl carbamates (subject to hydrolysis) is 1. The molecule has 1 N–H and O–H groups in total. The van der Waals surface area contributed by atoms with E-state index in [1.165, 1.54) is 29.2 Å². The molecule has 0 unspecified atom stereocenters. The Balaban J connectivity index is 1.76. The van der Waals surface area contributed by atoms with Crippen LogP contribution in [0.1, 0.15) is 30.9 Å². The first-order valence-corrected chi connectivity index (χ1v) is 7.70. The van der Waals surface area contributed by atoms with Crippen LogP contribution in [0.3, 0.4) is 0 Å². The van der Waals surface area contributed by atoms with Gasteiger partial charge in [0.25, 0.3) is 0 Å². The topological polar surface area (TPSA) is 55.4 Å². The fourth-order valence-corrected chi connectivity index (χ4v) is 2.92. The molecule has 0 aromatic heterocycles. The third-order valence-corrected chi connectivity index (χ3v) is 4.29.